The highest BCUT2D eigenvalue weighted by Crippen LogP contribution is 2.24. The SMILES string of the molecule is CCc1ccc(S(=O)(=O)Nc2ccc(NCCN(C)C)nc2)s1. The molecule has 8 heteroatoms. The summed E-state index contributed by atoms with van der Waals surface area (Å²) in [7, 11) is 0.461. The van der Waals surface area contributed by atoms with Crippen LogP contribution >= 0.6 is 11.3 Å². The van der Waals surface area contributed by atoms with E-state index in [9.17, 15) is 8.42 Å². The van der Waals surface area contributed by atoms with Crippen LogP contribution in [-0.2, 0) is 16.4 Å². The number of nitrogens with zero attached hydrogens (tertiary/aromatic N) is 2. The number of thiophene rings is 1. The summed E-state index contributed by atoms with van der Waals surface area (Å²) in [6.07, 6.45) is 2.35. The van der Waals surface area contributed by atoms with Crippen molar-refractivity contribution in [2.75, 3.05) is 37.2 Å². The molecule has 0 aliphatic rings. The first-order chi connectivity index (χ1) is 10.9. The summed E-state index contributed by atoms with van der Waals surface area (Å²) in [5.74, 6) is 0.721. The van der Waals surface area contributed by atoms with E-state index in [1.807, 2.05) is 27.1 Å². The average molecular weight is 355 g/mol. The van der Waals surface area contributed by atoms with Gasteiger partial charge in [0.05, 0.1) is 11.9 Å². The van der Waals surface area contributed by atoms with Crippen molar-refractivity contribution in [2.45, 2.75) is 17.6 Å². The van der Waals surface area contributed by atoms with E-state index in [1.165, 1.54) is 17.5 Å². The van der Waals surface area contributed by atoms with Gasteiger partial charge in [0.25, 0.3) is 10.0 Å². The van der Waals surface area contributed by atoms with E-state index in [1.54, 1.807) is 18.2 Å². The first-order valence-corrected chi connectivity index (χ1v) is 9.67. The quantitative estimate of drug-likeness (QED) is 0.762. The fraction of sp³-hybridized carbons (Fsp3) is 0.400. The molecule has 2 aromatic heterocycles. The molecule has 126 valence electrons. The maximum absolute atomic E-state index is 12.3. The van der Waals surface area contributed by atoms with Gasteiger partial charge >= 0.3 is 0 Å². The molecule has 0 radical (unpaired) electrons. The van der Waals surface area contributed by atoms with Crippen LogP contribution in [0.2, 0.25) is 0 Å². The van der Waals surface area contributed by atoms with Gasteiger partial charge in [-0.15, -0.1) is 11.3 Å². The second kappa shape index (κ2) is 7.76. The molecule has 0 saturated heterocycles. The third-order valence-electron chi connectivity index (χ3n) is 3.13. The lowest BCUT2D eigenvalue weighted by atomic mass is 10.4. The molecule has 0 aromatic carbocycles. The highest BCUT2D eigenvalue weighted by atomic mass is 32.2. The number of aromatic nitrogens is 1. The zero-order valence-electron chi connectivity index (χ0n) is 13.5. The lowest BCUT2D eigenvalue weighted by Gasteiger charge is -2.11. The van der Waals surface area contributed by atoms with E-state index in [0.29, 0.717) is 9.90 Å². The van der Waals surface area contributed by atoms with Crippen molar-refractivity contribution in [3.05, 3.63) is 35.3 Å². The average Bonchev–Trinajstić information content (AvgIpc) is 2.98. The highest BCUT2D eigenvalue weighted by molar-refractivity contribution is 7.94. The molecule has 23 heavy (non-hydrogen) atoms. The molecule has 0 aliphatic carbocycles. The molecule has 2 N–H and O–H groups in total. The van der Waals surface area contributed by atoms with Crippen LogP contribution in [-0.4, -0.2) is 45.5 Å². The lowest BCUT2D eigenvalue weighted by Crippen LogP contribution is -2.21. The second-order valence-corrected chi connectivity index (χ2v) is 8.42. The Bertz CT molecular complexity index is 724. The van der Waals surface area contributed by atoms with Gasteiger partial charge in [0.2, 0.25) is 0 Å². The van der Waals surface area contributed by atoms with Gasteiger partial charge < -0.3 is 10.2 Å². The minimum Gasteiger partial charge on any atom is -0.369 e. The summed E-state index contributed by atoms with van der Waals surface area (Å²) in [6, 6.07) is 6.95. The van der Waals surface area contributed by atoms with Gasteiger partial charge in [-0.05, 0) is 44.8 Å². The molecule has 0 unspecified atom stereocenters. The van der Waals surface area contributed by atoms with Crippen molar-refractivity contribution in [1.82, 2.24) is 9.88 Å². The van der Waals surface area contributed by atoms with Crippen LogP contribution in [0.15, 0.2) is 34.7 Å². The molecule has 0 amide bonds. The summed E-state index contributed by atoms with van der Waals surface area (Å²) in [5, 5.41) is 3.18. The van der Waals surface area contributed by atoms with Gasteiger partial charge in [-0.3, -0.25) is 4.72 Å². The minimum atomic E-state index is -3.54. The molecule has 2 aromatic rings. The Balaban J connectivity index is 1.99. The number of pyridine rings is 1. The Labute approximate surface area is 141 Å². The predicted octanol–water partition coefficient (Wildman–Crippen LogP) is 2.48. The van der Waals surface area contributed by atoms with E-state index >= 15 is 0 Å². The van der Waals surface area contributed by atoms with Gasteiger partial charge in [0.1, 0.15) is 10.0 Å². The number of hydrogen-bond acceptors (Lipinski definition) is 6. The number of likely N-dealkylation sites (N-methyl/N-ethyl adjacent to an activating group) is 1. The summed E-state index contributed by atoms with van der Waals surface area (Å²) < 4.78 is 27.5. The summed E-state index contributed by atoms with van der Waals surface area (Å²) in [6.45, 7) is 3.68. The maximum atomic E-state index is 12.3. The van der Waals surface area contributed by atoms with Crippen molar-refractivity contribution in [1.29, 1.82) is 0 Å². The van der Waals surface area contributed by atoms with E-state index in [0.717, 1.165) is 30.2 Å². The number of hydrogen-bond donors (Lipinski definition) is 2. The number of rotatable bonds is 8. The maximum Gasteiger partial charge on any atom is 0.271 e. The zero-order valence-corrected chi connectivity index (χ0v) is 15.2. The molecule has 0 bridgehead atoms. The Kier molecular flexibility index (Phi) is 5.97. The van der Waals surface area contributed by atoms with Crippen molar-refractivity contribution in [2.24, 2.45) is 0 Å². The van der Waals surface area contributed by atoms with Crippen molar-refractivity contribution < 1.29 is 8.42 Å². The van der Waals surface area contributed by atoms with E-state index in [2.05, 4.69) is 19.9 Å². The van der Waals surface area contributed by atoms with Crippen molar-refractivity contribution in [3.8, 4) is 0 Å². The van der Waals surface area contributed by atoms with Gasteiger partial charge in [-0.2, -0.15) is 0 Å². The van der Waals surface area contributed by atoms with Gasteiger partial charge in [0, 0.05) is 18.0 Å². The fourth-order valence-electron chi connectivity index (χ4n) is 1.86. The molecule has 6 nitrogen and oxygen atoms in total. The molecule has 0 spiro atoms. The van der Waals surface area contributed by atoms with Crippen LogP contribution in [0.3, 0.4) is 0 Å². The molecule has 2 rings (SSSR count). The summed E-state index contributed by atoms with van der Waals surface area (Å²) >= 11 is 1.29. The lowest BCUT2D eigenvalue weighted by molar-refractivity contribution is 0.425. The third kappa shape index (κ3) is 5.19. The topological polar surface area (TPSA) is 74.3 Å². The zero-order chi connectivity index (χ0) is 16.9. The number of aryl methyl sites for hydroxylation is 1. The first-order valence-electron chi connectivity index (χ1n) is 7.37. The van der Waals surface area contributed by atoms with E-state index < -0.39 is 10.0 Å². The van der Waals surface area contributed by atoms with Gasteiger partial charge in [-0.1, -0.05) is 6.92 Å². The van der Waals surface area contributed by atoms with Crippen LogP contribution in [0.5, 0.6) is 0 Å². The second-order valence-electron chi connectivity index (χ2n) is 5.34. The van der Waals surface area contributed by atoms with Crippen LogP contribution < -0.4 is 10.0 Å². The molecule has 0 aliphatic heterocycles. The number of anilines is 2. The smallest absolute Gasteiger partial charge is 0.271 e. The van der Waals surface area contributed by atoms with Crippen LogP contribution in [0.25, 0.3) is 0 Å². The molecule has 2 heterocycles. The Morgan fingerprint density at radius 3 is 2.57 bits per heavy atom. The molecular formula is C15H22N4O2S2. The van der Waals surface area contributed by atoms with Crippen LogP contribution in [0.4, 0.5) is 11.5 Å². The predicted molar refractivity (Wildman–Crippen MR) is 95.8 cm³/mol. The van der Waals surface area contributed by atoms with Crippen molar-refractivity contribution >= 4 is 32.9 Å². The number of sulfonamides is 1. The fourth-order valence-corrected chi connectivity index (χ4v) is 4.20. The Hall–Kier alpha value is -1.64. The summed E-state index contributed by atoms with van der Waals surface area (Å²) in [5.41, 5.74) is 0.453. The monoisotopic (exact) mass is 354 g/mol. The van der Waals surface area contributed by atoms with Crippen LogP contribution in [0.1, 0.15) is 11.8 Å². The first kappa shape index (κ1) is 17.7. The van der Waals surface area contributed by atoms with Gasteiger partial charge in [0.15, 0.2) is 0 Å². The Morgan fingerprint density at radius 1 is 1.22 bits per heavy atom. The summed E-state index contributed by atoms with van der Waals surface area (Å²) in [4.78, 5) is 7.34. The van der Waals surface area contributed by atoms with Gasteiger partial charge in [-0.25, -0.2) is 13.4 Å². The van der Waals surface area contributed by atoms with Crippen molar-refractivity contribution in [3.63, 3.8) is 0 Å². The highest BCUT2D eigenvalue weighted by Gasteiger charge is 2.16. The van der Waals surface area contributed by atoms with E-state index in [4.69, 9.17) is 0 Å². The largest absolute Gasteiger partial charge is 0.369 e. The molecule has 0 fully saturated rings. The Morgan fingerprint density at radius 2 is 2.00 bits per heavy atom. The standard InChI is InChI=1S/C15H22N4O2S2/c1-4-13-6-8-15(22-13)23(20,21)18-12-5-7-14(17-11-12)16-9-10-19(2)3/h5-8,11,18H,4,9-10H2,1-3H3,(H,16,17). The molecular weight excluding hydrogens is 332 g/mol. The van der Waals surface area contributed by atoms with Crippen LogP contribution in [0, 0.1) is 0 Å². The van der Waals surface area contributed by atoms with E-state index in [-0.39, 0.29) is 0 Å². The molecule has 0 saturated carbocycles. The third-order valence-corrected chi connectivity index (χ3v) is 6.23. The number of nitrogens with one attached hydrogen (secondary N) is 2. The normalized spacial score (nSPS) is 11.7. The molecule has 0 atom stereocenters. The minimum absolute atomic E-state index is 0.322.